The topological polar surface area (TPSA) is 99.0 Å². The molecule has 1 aromatic rings. The number of nitro benzene ring substituents is 1. The molecular weight excluding hydrogens is 316 g/mol. The van der Waals surface area contributed by atoms with E-state index in [2.05, 4.69) is 9.47 Å². The van der Waals surface area contributed by atoms with Crippen LogP contribution in [-0.4, -0.2) is 49.1 Å². The van der Waals surface area contributed by atoms with Crippen LogP contribution in [0.2, 0.25) is 5.02 Å². The summed E-state index contributed by atoms with van der Waals surface area (Å²) in [5.74, 6) is -1.07. The van der Waals surface area contributed by atoms with Crippen LogP contribution in [0.3, 0.4) is 0 Å². The van der Waals surface area contributed by atoms with Crippen molar-refractivity contribution in [2.45, 2.75) is 6.54 Å². The number of esters is 2. The third kappa shape index (κ3) is 5.30. The van der Waals surface area contributed by atoms with Crippen LogP contribution < -0.4 is 0 Å². The number of ether oxygens (including phenoxy) is 2. The summed E-state index contributed by atoms with van der Waals surface area (Å²) in [6, 6.07) is 4.27. The zero-order chi connectivity index (χ0) is 16.7. The predicted octanol–water partition coefficient (Wildman–Crippen LogP) is 1.40. The molecule has 0 aliphatic carbocycles. The Labute approximate surface area is 131 Å². The zero-order valence-corrected chi connectivity index (χ0v) is 12.8. The van der Waals surface area contributed by atoms with Crippen LogP contribution in [0.25, 0.3) is 0 Å². The van der Waals surface area contributed by atoms with Crippen molar-refractivity contribution in [2.24, 2.45) is 0 Å². The average Bonchev–Trinajstić information content (AvgIpc) is 2.48. The monoisotopic (exact) mass is 330 g/mol. The fourth-order valence-electron chi connectivity index (χ4n) is 1.72. The van der Waals surface area contributed by atoms with E-state index in [1.165, 1.54) is 31.3 Å². The first-order chi connectivity index (χ1) is 10.4. The molecule has 1 aromatic carbocycles. The number of hydrogen-bond donors (Lipinski definition) is 0. The Morgan fingerprint density at radius 3 is 2.23 bits per heavy atom. The van der Waals surface area contributed by atoms with E-state index in [-0.39, 0.29) is 30.3 Å². The van der Waals surface area contributed by atoms with Crippen molar-refractivity contribution in [2.75, 3.05) is 27.3 Å². The van der Waals surface area contributed by atoms with Gasteiger partial charge < -0.3 is 9.47 Å². The highest BCUT2D eigenvalue weighted by atomic mass is 35.5. The molecule has 0 N–H and O–H groups in total. The Morgan fingerprint density at radius 1 is 1.23 bits per heavy atom. The Balaban J connectivity index is 2.92. The van der Waals surface area contributed by atoms with E-state index in [9.17, 15) is 19.7 Å². The zero-order valence-electron chi connectivity index (χ0n) is 12.1. The maximum atomic E-state index is 11.4. The molecule has 0 saturated heterocycles. The highest BCUT2D eigenvalue weighted by molar-refractivity contribution is 6.32. The van der Waals surface area contributed by atoms with Crippen molar-refractivity contribution in [3.8, 4) is 0 Å². The molecule has 0 fully saturated rings. The van der Waals surface area contributed by atoms with Gasteiger partial charge in [0.25, 0.3) is 5.69 Å². The molecule has 120 valence electrons. The van der Waals surface area contributed by atoms with Gasteiger partial charge in [-0.15, -0.1) is 0 Å². The van der Waals surface area contributed by atoms with Crippen LogP contribution >= 0.6 is 11.6 Å². The summed E-state index contributed by atoms with van der Waals surface area (Å²) in [7, 11) is 2.46. The molecule has 0 aliphatic heterocycles. The fourth-order valence-corrected chi connectivity index (χ4v) is 1.90. The number of carbonyl (C=O) groups excluding carboxylic acids is 2. The third-order valence-electron chi connectivity index (χ3n) is 2.77. The smallest absolute Gasteiger partial charge is 0.319 e. The number of benzene rings is 1. The first-order valence-electron chi connectivity index (χ1n) is 6.16. The number of rotatable bonds is 7. The molecule has 0 radical (unpaired) electrons. The van der Waals surface area contributed by atoms with Crippen LogP contribution in [0.1, 0.15) is 5.56 Å². The largest absolute Gasteiger partial charge is 0.468 e. The minimum absolute atomic E-state index is 0.0150. The second-order valence-corrected chi connectivity index (χ2v) is 4.75. The normalized spacial score (nSPS) is 10.4. The maximum Gasteiger partial charge on any atom is 0.319 e. The quantitative estimate of drug-likeness (QED) is 0.423. The molecule has 9 heteroatoms. The SMILES string of the molecule is COC(=O)CN(CC(=O)OC)Cc1ccc(Cl)c([N+](=O)[O-])c1. The highest BCUT2D eigenvalue weighted by Gasteiger charge is 2.18. The van der Waals surface area contributed by atoms with E-state index < -0.39 is 16.9 Å². The third-order valence-corrected chi connectivity index (χ3v) is 3.09. The van der Waals surface area contributed by atoms with Crippen molar-refractivity contribution in [1.29, 1.82) is 0 Å². The van der Waals surface area contributed by atoms with Gasteiger partial charge in [-0.2, -0.15) is 0 Å². The Morgan fingerprint density at radius 2 is 1.77 bits per heavy atom. The summed E-state index contributed by atoms with van der Waals surface area (Å²) < 4.78 is 9.11. The Hall–Kier alpha value is -2.19. The standard InChI is InChI=1S/C13H15ClN2O6/c1-21-12(17)7-15(8-13(18)22-2)6-9-3-4-10(14)11(5-9)16(19)20/h3-5H,6-8H2,1-2H3. The first-order valence-corrected chi connectivity index (χ1v) is 6.54. The molecule has 0 unspecified atom stereocenters. The number of carbonyl (C=O) groups is 2. The second-order valence-electron chi connectivity index (χ2n) is 4.34. The number of hydrogen-bond acceptors (Lipinski definition) is 7. The summed E-state index contributed by atoms with van der Waals surface area (Å²) in [4.78, 5) is 34.4. The van der Waals surface area contributed by atoms with Crippen molar-refractivity contribution in [1.82, 2.24) is 4.90 Å². The average molecular weight is 331 g/mol. The lowest BCUT2D eigenvalue weighted by Gasteiger charge is -2.19. The summed E-state index contributed by atoms with van der Waals surface area (Å²) in [6.45, 7) is -0.174. The molecule has 8 nitrogen and oxygen atoms in total. The maximum absolute atomic E-state index is 11.4. The van der Waals surface area contributed by atoms with Crippen LogP contribution in [0, 0.1) is 10.1 Å². The van der Waals surface area contributed by atoms with Crippen molar-refractivity contribution < 1.29 is 24.0 Å². The predicted molar refractivity (Wildman–Crippen MR) is 77.4 cm³/mol. The summed E-state index contributed by atoms with van der Waals surface area (Å²) in [5.41, 5.74) is 0.291. The van der Waals surface area contributed by atoms with E-state index in [1.54, 1.807) is 6.07 Å². The lowest BCUT2D eigenvalue weighted by molar-refractivity contribution is -0.384. The lowest BCUT2D eigenvalue weighted by atomic mass is 10.2. The molecule has 0 saturated carbocycles. The number of nitrogens with zero attached hydrogens (tertiary/aromatic N) is 2. The van der Waals surface area contributed by atoms with Gasteiger partial charge in [0.2, 0.25) is 0 Å². The van der Waals surface area contributed by atoms with Gasteiger partial charge in [0.1, 0.15) is 5.02 Å². The van der Waals surface area contributed by atoms with Crippen LogP contribution in [0.15, 0.2) is 18.2 Å². The van der Waals surface area contributed by atoms with Crippen LogP contribution in [0.5, 0.6) is 0 Å². The van der Waals surface area contributed by atoms with E-state index >= 15 is 0 Å². The van der Waals surface area contributed by atoms with Crippen molar-refractivity contribution >= 4 is 29.2 Å². The summed E-state index contributed by atoms with van der Waals surface area (Å²) >= 11 is 5.74. The van der Waals surface area contributed by atoms with Crippen molar-refractivity contribution in [3.05, 3.63) is 38.9 Å². The molecule has 0 heterocycles. The van der Waals surface area contributed by atoms with E-state index in [1.807, 2.05) is 0 Å². The molecule has 0 spiro atoms. The molecule has 0 bridgehead atoms. The molecule has 0 aliphatic rings. The van der Waals surface area contributed by atoms with Gasteiger partial charge >= 0.3 is 11.9 Å². The van der Waals surface area contributed by atoms with Gasteiger partial charge in [0.05, 0.1) is 32.2 Å². The van der Waals surface area contributed by atoms with Gasteiger partial charge in [0, 0.05) is 12.6 Å². The van der Waals surface area contributed by atoms with Gasteiger partial charge in [-0.3, -0.25) is 24.6 Å². The molecular formula is C13H15ClN2O6. The molecule has 0 aromatic heterocycles. The highest BCUT2D eigenvalue weighted by Crippen LogP contribution is 2.25. The van der Waals surface area contributed by atoms with Crippen LogP contribution in [-0.2, 0) is 25.6 Å². The Bertz CT molecular complexity index is 560. The van der Waals surface area contributed by atoms with Gasteiger partial charge in [-0.05, 0) is 11.6 Å². The fraction of sp³-hybridized carbons (Fsp3) is 0.385. The molecule has 0 atom stereocenters. The van der Waals surface area contributed by atoms with E-state index in [4.69, 9.17) is 11.6 Å². The van der Waals surface area contributed by atoms with Crippen molar-refractivity contribution in [3.63, 3.8) is 0 Å². The molecule has 1 rings (SSSR count). The second kappa shape index (κ2) is 8.30. The number of methoxy groups -OCH3 is 2. The molecule has 0 amide bonds. The van der Waals surface area contributed by atoms with Gasteiger partial charge in [0.15, 0.2) is 0 Å². The number of nitro groups is 1. The minimum atomic E-state index is -0.600. The lowest BCUT2D eigenvalue weighted by Crippen LogP contribution is -2.35. The van der Waals surface area contributed by atoms with Crippen LogP contribution in [0.4, 0.5) is 5.69 Å². The van der Waals surface area contributed by atoms with E-state index in [0.29, 0.717) is 5.56 Å². The summed E-state index contributed by atoms with van der Waals surface area (Å²) in [5, 5.41) is 10.9. The van der Waals surface area contributed by atoms with E-state index in [0.717, 1.165) is 0 Å². The van der Waals surface area contributed by atoms with Gasteiger partial charge in [-0.1, -0.05) is 17.7 Å². The first kappa shape index (κ1) is 17.9. The minimum Gasteiger partial charge on any atom is -0.468 e. The van der Waals surface area contributed by atoms with Gasteiger partial charge in [-0.25, -0.2) is 0 Å². The number of halogens is 1. The summed E-state index contributed by atoms with van der Waals surface area (Å²) in [6.07, 6.45) is 0. The Kier molecular flexibility index (Phi) is 6.74. The molecule has 22 heavy (non-hydrogen) atoms.